The fourth-order valence-corrected chi connectivity index (χ4v) is 1.46. The lowest BCUT2D eigenvalue weighted by atomic mass is 10.2. The molecule has 0 aliphatic heterocycles. The number of hydrogen-bond donors (Lipinski definition) is 3. The molecule has 1 unspecified atom stereocenters. The molecule has 1 rings (SSSR count). The monoisotopic (exact) mass is 274 g/mol. The molecule has 0 amide bonds. The zero-order valence-electron chi connectivity index (χ0n) is 9.81. The summed E-state index contributed by atoms with van der Waals surface area (Å²) in [6, 6.07) is 3.87. The van der Waals surface area contributed by atoms with Crippen molar-refractivity contribution < 1.29 is 29.6 Å². The molecular formula is C11H15O6P. The van der Waals surface area contributed by atoms with E-state index < -0.39 is 18.7 Å². The molecule has 0 radical (unpaired) electrons. The maximum Gasteiger partial charge on any atom is 0.334 e. The third kappa shape index (κ3) is 7.73. The molecule has 6 nitrogen and oxygen atoms in total. The van der Waals surface area contributed by atoms with Crippen LogP contribution in [-0.4, -0.2) is 47.1 Å². The van der Waals surface area contributed by atoms with Crippen LogP contribution in [-0.2, 0) is 20.7 Å². The molecule has 1 aromatic heterocycles. The van der Waals surface area contributed by atoms with Gasteiger partial charge >= 0.3 is 11.9 Å². The van der Waals surface area contributed by atoms with Gasteiger partial charge in [-0.2, -0.15) is 0 Å². The average molecular weight is 274 g/mol. The van der Waals surface area contributed by atoms with Crippen LogP contribution in [0.5, 0.6) is 0 Å². The minimum absolute atomic E-state index is 0.182. The van der Waals surface area contributed by atoms with Crippen LogP contribution in [0.25, 0.3) is 0 Å². The van der Waals surface area contributed by atoms with Gasteiger partial charge in [-0.15, -0.1) is 0 Å². The van der Waals surface area contributed by atoms with Crippen molar-refractivity contribution in [2.45, 2.75) is 12.5 Å². The number of esters is 1. The number of aliphatic hydroxyl groups excluding tert-OH is 2. The van der Waals surface area contributed by atoms with Crippen molar-refractivity contribution in [3.8, 4) is 0 Å². The van der Waals surface area contributed by atoms with Gasteiger partial charge in [0.15, 0.2) is 6.10 Å². The molecule has 0 saturated carbocycles. The van der Waals surface area contributed by atoms with E-state index in [0.29, 0.717) is 6.42 Å². The molecule has 0 bridgehead atoms. The second-order valence-electron chi connectivity index (χ2n) is 3.15. The summed E-state index contributed by atoms with van der Waals surface area (Å²) in [7, 11) is 2.54. The van der Waals surface area contributed by atoms with Crippen molar-refractivity contribution in [3.05, 3.63) is 29.3 Å². The highest BCUT2D eigenvalue weighted by Gasteiger charge is 2.08. The maximum atomic E-state index is 10.8. The first-order chi connectivity index (χ1) is 8.51. The second-order valence-corrected chi connectivity index (χ2v) is 4.01. The molecular weight excluding hydrogens is 259 g/mol. The standard InChI is InChI=1S/C8H9O2P.C3H6O4/c1-10-8(9)5-7-3-2-4-11-6-7;4-1-2(5)3(6)7/h2-4,6H,5H2,1H3;2,4-5H,1H2,(H,6,7). The lowest BCUT2D eigenvalue weighted by Gasteiger charge is -1.97. The summed E-state index contributed by atoms with van der Waals surface area (Å²) in [5, 5.41) is 23.7. The van der Waals surface area contributed by atoms with E-state index in [4.69, 9.17) is 15.3 Å². The molecule has 7 heteroatoms. The Kier molecular flexibility index (Phi) is 8.74. The van der Waals surface area contributed by atoms with E-state index in [1.165, 1.54) is 7.11 Å². The van der Waals surface area contributed by atoms with Crippen LogP contribution in [0.3, 0.4) is 0 Å². The lowest BCUT2D eigenvalue weighted by molar-refractivity contribution is -0.148. The van der Waals surface area contributed by atoms with Crippen molar-refractivity contribution in [1.82, 2.24) is 0 Å². The molecule has 100 valence electrons. The Balaban J connectivity index is 0.000000360. The Bertz CT molecular complexity index is 367. The predicted octanol–water partition coefficient (Wildman–Crippen LogP) is 0.406. The average Bonchev–Trinajstić information content (AvgIpc) is 2.39. The highest BCUT2D eigenvalue weighted by Crippen LogP contribution is 2.08. The maximum absolute atomic E-state index is 10.8. The first kappa shape index (κ1) is 16.5. The molecule has 1 heterocycles. The lowest BCUT2D eigenvalue weighted by Crippen LogP contribution is -2.22. The van der Waals surface area contributed by atoms with Gasteiger partial charge in [-0.25, -0.2) is 4.79 Å². The smallest absolute Gasteiger partial charge is 0.334 e. The number of ether oxygens (including phenoxy) is 1. The SMILES string of the molecule is COC(=O)Cc1cccpc1.O=C(O)C(O)CO. The number of aliphatic carboxylic acids is 1. The molecule has 1 aromatic rings. The van der Waals surface area contributed by atoms with Crippen LogP contribution < -0.4 is 0 Å². The Morgan fingerprint density at radius 3 is 2.50 bits per heavy atom. The van der Waals surface area contributed by atoms with Crippen LogP contribution in [0.4, 0.5) is 0 Å². The van der Waals surface area contributed by atoms with Gasteiger partial charge in [-0.05, 0) is 17.2 Å². The summed E-state index contributed by atoms with van der Waals surface area (Å²) in [4.78, 5) is 20.3. The number of hydrogen-bond acceptors (Lipinski definition) is 5. The number of carbonyl (C=O) groups excluding carboxylic acids is 1. The Morgan fingerprint density at radius 2 is 2.17 bits per heavy atom. The van der Waals surface area contributed by atoms with Crippen LogP contribution in [0.15, 0.2) is 23.7 Å². The molecule has 0 saturated heterocycles. The van der Waals surface area contributed by atoms with Gasteiger partial charge < -0.3 is 20.1 Å². The summed E-state index contributed by atoms with van der Waals surface area (Å²) in [5.41, 5.74) is 1.03. The van der Waals surface area contributed by atoms with Gasteiger partial charge in [-0.1, -0.05) is 20.3 Å². The topological polar surface area (TPSA) is 104 Å². The van der Waals surface area contributed by atoms with Gasteiger partial charge in [0.2, 0.25) is 0 Å². The Morgan fingerprint density at radius 1 is 1.50 bits per heavy atom. The molecule has 0 fully saturated rings. The molecule has 18 heavy (non-hydrogen) atoms. The predicted molar refractivity (Wildman–Crippen MR) is 65.4 cm³/mol. The van der Waals surface area contributed by atoms with Gasteiger partial charge in [0.05, 0.1) is 20.1 Å². The van der Waals surface area contributed by atoms with Crippen molar-refractivity contribution in [2.75, 3.05) is 13.7 Å². The van der Waals surface area contributed by atoms with Crippen LogP contribution >= 0.6 is 8.19 Å². The number of carboxylic acid groups (broad SMARTS) is 1. The van der Waals surface area contributed by atoms with Crippen molar-refractivity contribution in [2.24, 2.45) is 0 Å². The normalized spacial score (nSPS) is 11.3. The van der Waals surface area contributed by atoms with E-state index in [2.05, 4.69) is 4.74 Å². The zero-order chi connectivity index (χ0) is 14.0. The van der Waals surface area contributed by atoms with Crippen molar-refractivity contribution in [1.29, 1.82) is 0 Å². The third-order valence-corrected chi connectivity index (χ3v) is 2.58. The van der Waals surface area contributed by atoms with E-state index in [1.54, 1.807) is 0 Å². The molecule has 1 atom stereocenters. The highest BCUT2D eigenvalue weighted by molar-refractivity contribution is 7.28. The van der Waals surface area contributed by atoms with Crippen LogP contribution in [0.1, 0.15) is 5.56 Å². The molecule has 0 aromatic carbocycles. The minimum Gasteiger partial charge on any atom is -0.479 e. The van der Waals surface area contributed by atoms with E-state index in [9.17, 15) is 9.59 Å². The van der Waals surface area contributed by atoms with Gasteiger partial charge in [0, 0.05) is 0 Å². The first-order valence-corrected chi connectivity index (χ1v) is 6.02. The fraction of sp³-hybridized carbons (Fsp3) is 0.364. The summed E-state index contributed by atoms with van der Waals surface area (Å²) >= 11 is 0. The van der Waals surface area contributed by atoms with Crippen LogP contribution in [0, 0.1) is 0 Å². The van der Waals surface area contributed by atoms with Crippen LogP contribution in [0.2, 0.25) is 0 Å². The Labute approximate surface area is 106 Å². The zero-order valence-corrected chi connectivity index (χ0v) is 10.7. The fourth-order valence-electron chi connectivity index (χ4n) is 0.820. The summed E-state index contributed by atoms with van der Waals surface area (Å²) in [6.45, 7) is -0.727. The first-order valence-electron chi connectivity index (χ1n) is 4.98. The molecule has 0 spiro atoms. The third-order valence-electron chi connectivity index (χ3n) is 1.76. The highest BCUT2D eigenvalue weighted by atomic mass is 31.0. The van der Waals surface area contributed by atoms with E-state index >= 15 is 0 Å². The van der Waals surface area contributed by atoms with Gasteiger partial charge in [0.1, 0.15) is 0 Å². The van der Waals surface area contributed by atoms with Gasteiger partial charge in [-0.3, -0.25) is 4.79 Å². The largest absolute Gasteiger partial charge is 0.479 e. The summed E-state index contributed by atoms with van der Waals surface area (Å²) < 4.78 is 4.53. The Hall–Kier alpha value is -1.49. The number of methoxy groups -OCH3 is 1. The number of carboxylic acids is 1. The van der Waals surface area contributed by atoms with Crippen molar-refractivity contribution in [3.63, 3.8) is 0 Å². The van der Waals surface area contributed by atoms with Crippen molar-refractivity contribution >= 4 is 20.1 Å². The molecule has 0 aliphatic carbocycles. The number of carbonyl (C=O) groups is 2. The van der Waals surface area contributed by atoms with E-state index in [0.717, 1.165) is 13.8 Å². The van der Waals surface area contributed by atoms with E-state index in [1.807, 2.05) is 23.7 Å². The number of rotatable bonds is 4. The molecule has 0 aliphatic rings. The van der Waals surface area contributed by atoms with E-state index in [-0.39, 0.29) is 5.97 Å². The number of aliphatic hydroxyl groups is 2. The quantitative estimate of drug-likeness (QED) is 0.687. The summed E-state index contributed by atoms with van der Waals surface area (Å²) in [5.74, 6) is 2.43. The minimum atomic E-state index is -1.63. The summed E-state index contributed by atoms with van der Waals surface area (Å²) in [6.07, 6.45) is -1.24. The molecule has 3 N–H and O–H groups in total. The van der Waals surface area contributed by atoms with Gasteiger partial charge in [0.25, 0.3) is 0 Å². The second kappa shape index (κ2) is 9.53.